The van der Waals surface area contributed by atoms with Crippen molar-refractivity contribution in [2.75, 3.05) is 13.1 Å². The van der Waals surface area contributed by atoms with Gasteiger partial charge in [0.1, 0.15) is 5.58 Å². The molecule has 17 heavy (non-hydrogen) atoms. The Morgan fingerprint density at radius 2 is 2.12 bits per heavy atom. The molecule has 2 rings (SSSR count). The SMILES string of the molecule is CC(C)CNC/C=C/c1coc2ccccc12. The average Bonchev–Trinajstić information content (AvgIpc) is 2.72. The summed E-state index contributed by atoms with van der Waals surface area (Å²) in [7, 11) is 0. The van der Waals surface area contributed by atoms with E-state index in [0.29, 0.717) is 5.92 Å². The lowest BCUT2D eigenvalue weighted by atomic mass is 10.1. The highest BCUT2D eigenvalue weighted by molar-refractivity contribution is 5.86. The standard InChI is InChI=1S/C15H19NO/c1-12(2)10-16-9-5-6-13-11-17-15-8-4-3-7-14(13)15/h3-8,11-12,16H,9-10H2,1-2H3/b6-5+. The van der Waals surface area contributed by atoms with Gasteiger partial charge in [-0.2, -0.15) is 0 Å². The van der Waals surface area contributed by atoms with E-state index in [1.807, 2.05) is 24.5 Å². The van der Waals surface area contributed by atoms with Crippen molar-refractivity contribution in [2.45, 2.75) is 13.8 Å². The van der Waals surface area contributed by atoms with E-state index in [9.17, 15) is 0 Å². The van der Waals surface area contributed by atoms with Gasteiger partial charge in [-0.3, -0.25) is 0 Å². The number of hydrogen-bond acceptors (Lipinski definition) is 2. The van der Waals surface area contributed by atoms with Crippen molar-refractivity contribution in [3.63, 3.8) is 0 Å². The van der Waals surface area contributed by atoms with E-state index in [1.165, 1.54) is 5.39 Å². The molecular formula is C15H19NO. The van der Waals surface area contributed by atoms with Crippen LogP contribution in [0.2, 0.25) is 0 Å². The van der Waals surface area contributed by atoms with Crippen molar-refractivity contribution < 1.29 is 4.42 Å². The number of nitrogens with one attached hydrogen (secondary N) is 1. The van der Waals surface area contributed by atoms with Gasteiger partial charge in [-0.25, -0.2) is 0 Å². The lowest BCUT2D eigenvalue weighted by molar-refractivity contribution is 0.577. The summed E-state index contributed by atoms with van der Waals surface area (Å²) in [4.78, 5) is 0. The predicted octanol–water partition coefficient (Wildman–Crippen LogP) is 3.69. The Hall–Kier alpha value is -1.54. The fraction of sp³-hybridized carbons (Fsp3) is 0.333. The molecule has 0 aliphatic heterocycles. The number of hydrogen-bond donors (Lipinski definition) is 1. The maximum absolute atomic E-state index is 5.47. The van der Waals surface area contributed by atoms with Crippen molar-refractivity contribution in [3.05, 3.63) is 42.2 Å². The molecule has 1 aromatic carbocycles. The van der Waals surface area contributed by atoms with E-state index in [0.717, 1.165) is 24.2 Å². The highest BCUT2D eigenvalue weighted by Gasteiger charge is 2.00. The topological polar surface area (TPSA) is 25.2 Å². The Morgan fingerprint density at radius 3 is 2.94 bits per heavy atom. The first-order valence-electron chi connectivity index (χ1n) is 6.11. The Balaban J connectivity index is 1.96. The molecule has 0 aliphatic carbocycles. The van der Waals surface area contributed by atoms with Crippen LogP contribution in [0.3, 0.4) is 0 Å². The molecule has 2 nitrogen and oxygen atoms in total. The fourth-order valence-electron chi connectivity index (χ4n) is 1.77. The van der Waals surface area contributed by atoms with Crippen LogP contribution in [0.4, 0.5) is 0 Å². The lowest BCUT2D eigenvalue weighted by Gasteiger charge is -2.03. The first-order valence-corrected chi connectivity index (χ1v) is 6.11. The summed E-state index contributed by atoms with van der Waals surface area (Å²) >= 11 is 0. The quantitative estimate of drug-likeness (QED) is 0.791. The molecule has 1 aromatic heterocycles. The number of furan rings is 1. The molecule has 0 saturated heterocycles. The predicted molar refractivity (Wildman–Crippen MR) is 73.0 cm³/mol. The summed E-state index contributed by atoms with van der Waals surface area (Å²) in [6.45, 7) is 6.37. The zero-order valence-corrected chi connectivity index (χ0v) is 10.4. The Morgan fingerprint density at radius 1 is 1.29 bits per heavy atom. The third-order valence-electron chi connectivity index (χ3n) is 2.62. The van der Waals surface area contributed by atoms with Crippen LogP contribution in [0.25, 0.3) is 17.0 Å². The molecule has 0 unspecified atom stereocenters. The van der Waals surface area contributed by atoms with Crippen molar-refractivity contribution in [1.29, 1.82) is 0 Å². The first kappa shape index (κ1) is 11.9. The van der Waals surface area contributed by atoms with Crippen molar-refractivity contribution in [1.82, 2.24) is 5.32 Å². The second kappa shape index (κ2) is 5.69. The number of rotatable bonds is 5. The van der Waals surface area contributed by atoms with Crippen LogP contribution in [0.1, 0.15) is 19.4 Å². The largest absolute Gasteiger partial charge is 0.464 e. The van der Waals surface area contributed by atoms with Gasteiger partial charge < -0.3 is 9.73 Å². The van der Waals surface area contributed by atoms with Crippen LogP contribution in [-0.4, -0.2) is 13.1 Å². The molecule has 1 heterocycles. The minimum atomic E-state index is 0.693. The smallest absolute Gasteiger partial charge is 0.134 e. The monoisotopic (exact) mass is 229 g/mol. The van der Waals surface area contributed by atoms with Crippen LogP contribution in [0.5, 0.6) is 0 Å². The maximum Gasteiger partial charge on any atom is 0.134 e. The zero-order valence-electron chi connectivity index (χ0n) is 10.4. The van der Waals surface area contributed by atoms with Gasteiger partial charge in [-0.15, -0.1) is 0 Å². The summed E-state index contributed by atoms with van der Waals surface area (Å²) in [5.41, 5.74) is 2.09. The molecular weight excluding hydrogens is 210 g/mol. The van der Waals surface area contributed by atoms with Gasteiger partial charge >= 0.3 is 0 Å². The average molecular weight is 229 g/mol. The van der Waals surface area contributed by atoms with Crippen LogP contribution >= 0.6 is 0 Å². The van der Waals surface area contributed by atoms with E-state index in [2.05, 4.69) is 37.4 Å². The van der Waals surface area contributed by atoms with Gasteiger partial charge in [0.2, 0.25) is 0 Å². The number of fused-ring (bicyclic) bond motifs is 1. The molecule has 2 aromatic rings. The first-order chi connectivity index (χ1) is 8.27. The van der Waals surface area contributed by atoms with Crippen LogP contribution < -0.4 is 5.32 Å². The van der Waals surface area contributed by atoms with Gasteiger partial charge in [-0.1, -0.05) is 44.2 Å². The van der Waals surface area contributed by atoms with Crippen molar-refractivity contribution in [3.8, 4) is 0 Å². The van der Waals surface area contributed by atoms with Gasteiger partial charge in [-0.05, 0) is 18.5 Å². The molecule has 90 valence electrons. The molecule has 2 heteroatoms. The van der Waals surface area contributed by atoms with Crippen molar-refractivity contribution >= 4 is 17.0 Å². The molecule has 0 amide bonds. The minimum Gasteiger partial charge on any atom is -0.464 e. The molecule has 0 bridgehead atoms. The maximum atomic E-state index is 5.47. The second-order valence-corrected chi connectivity index (χ2v) is 4.64. The van der Waals surface area contributed by atoms with E-state index in [-0.39, 0.29) is 0 Å². The van der Waals surface area contributed by atoms with Crippen molar-refractivity contribution in [2.24, 2.45) is 5.92 Å². The summed E-state index contributed by atoms with van der Waals surface area (Å²) in [6.07, 6.45) is 6.06. The third-order valence-corrected chi connectivity index (χ3v) is 2.62. The summed E-state index contributed by atoms with van der Waals surface area (Å²) in [5, 5.41) is 4.55. The molecule has 0 spiro atoms. The van der Waals surface area contributed by atoms with Crippen LogP contribution in [0, 0.1) is 5.92 Å². The minimum absolute atomic E-state index is 0.693. The summed E-state index contributed by atoms with van der Waals surface area (Å²) in [6, 6.07) is 8.10. The molecule has 0 atom stereocenters. The fourth-order valence-corrected chi connectivity index (χ4v) is 1.77. The van der Waals surface area contributed by atoms with E-state index >= 15 is 0 Å². The van der Waals surface area contributed by atoms with E-state index in [4.69, 9.17) is 4.42 Å². The number of para-hydroxylation sites is 1. The van der Waals surface area contributed by atoms with Gasteiger partial charge in [0.15, 0.2) is 0 Å². The Bertz CT molecular complexity index is 496. The highest BCUT2D eigenvalue weighted by Crippen LogP contribution is 2.21. The Kier molecular flexibility index (Phi) is 3.99. The molecule has 0 saturated carbocycles. The molecule has 0 aliphatic rings. The molecule has 0 fully saturated rings. The lowest BCUT2D eigenvalue weighted by Crippen LogP contribution is -2.19. The van der Waals surface area contributed by atoms with E-state index in [1.54, 1.807) is 0 Å². The number of benzene rings is 1. The zero-order chi connectivity index (χ0) is 12.1. The van der Waals surface area contributed by atoms with Crippen LogP contribution in [-0.2, 0) is 0 Å². The third kappa shape index (κ3) is 3.21. The molecule has 1 N–H and O–H groups in total. The van der Waals surface area contributed by atoms with Gasteiger partial charge in [0.05, 0.1) is 6.26 Å². The normalized spacial score (nSPS) is 11.9. The summed E-state index contributed by atoms with van der Waals surface area (Å²) in [5.74, 6) is 0.693. The van der Waals surface area contributed by atoms with Gasteiger partial charge in [0, 0.05) is 17.5 Å². The summed E-state index contributed by atoms with van der Waals surface area (Å²) < 4.78 is 5.47. The van der Waals surface area contributed by atoms with Gasteiger partial charge in [0.25, 0.3) is 0 Å². The highest BCUT2D eigenvalue weighted by atomic mass is 16.3. The molecule has 0 radical (unpaired) electrons. The second-order valence-electron chi connectivity index (χ2n) is 4.64. The Labute approximate surface area is 102 Å². The van der Waals surface area contributed by atoms with Crippen LogP contribution in [0.15, 0.2) is 41.0 Å². The van der Waals surface area contributed by atoms with E-state index < -0.39 is 0 Å².